The molecule has 108 valence electrons. The summed E-state index contributed by atoms with van der Waals surface area (Å²) in [7, 11) is 0. The molecule has 0 aliphatic heterocycles. The minimum absolute atomic E-state index is 0.252. The average Bonchev–Trinajstić information content (AvgIpc) is 2.40. The summed E-state index contributed by atoms with van der Waals surface area (Å²) in [4.78, 5) is 8.92. The van der Waals surface area contributed by atoms with Crippen molar-refractivity contribution in [2.24, 2.45) is 5.84 Å². The highest BCUT2D eigenvalue weighted by Crippen LogP contribution is 2.22. The molecule has 1 aromatic rings. The van der Waals surface area contributed by atoms with Crippen molar-refractivity contribution < 1.29 is 5.11 Å². The number of nitrogens with zero attached hydrogens (tertiary/aromatic N) is 2. The number of hydrogen-bond donors (Lipinski definition) is 4. The number of rotatable bonds is 8. The molecule has 1 rings (SSSR count). The molecule has 0 saturated carbocycles. The highest BCUT2D eigenvalue weighted by Gasteiger charge is 2.12. The second-order valence-electron chi connectivity index (χ2n) is 4.91. The second kappa shape index (κ2) is 7.91. The van der Waals surface area contributed by atoms with Crippen LogP contribution in [0.4, 0.5) is 11.6 Å². The molecule has 1 aromatic heterocycles. The maximum Gasteiger partial charge on any atom is 0.148 e. The molecule has 0 fully saturated rings. The average molecular weight is 267 g/mol. The molecule has 5 N–H and O–H groups in total. The van der Waals surface area contributed by atoms with E-state index in [4.69, 9.17) is 10.9 Å². The van der Waals surface area contributed by atoms with Crippen molar-refractivity contribution in [1.82, 2.24) is 9.97 Å². The Morgan fingerprint density at radius 1 is 1.16 bits per heavy atom. The molecule has 6 nitrogen and oxygen atoms in total. The van der Waals surface area contributed by atoms with Crippen molar-refractivity contribution in [2.75, 3.05) is 23.9 Å². The van der Waals surface area contributed by atoms with Gasteiger partial charge in [-0.15, -0.1) is 0 Å². The van der Waals surface area contributed by atoms with Crippen LogP contribution in [-0.2, 0) is 0 Å². The van der Waals surface area contributed by atoms with Gasteiger partial charge in [0.15, 0.2) is 0 Å². The molecular formula is C13H25N5O. The quantitative estimate of drug-likeness (QED) is 0.326. The number of nitrogens with one attached hydrogen (secondary N) is 2. The first-order valence-electron chi connectivity index (χ1n) is 6.80. The molecule has 0 unspecified atom stereocenters. The summed E-state index contributed by atoms with van der Waals surface area (Å²) >= 11 is 0. The van der Waals surface area contributed by atoms with E-state index in [-0.39, 0.29) is 12.5 Å². The lowest BCUT2D eigenvalue weighted by molar-refractivity contribution is 0.283. The van der Waals surface area contributed by atoms with Gasteiger partial charge in [-0.3, -0.25) is 0 Å². The third-order valence-electron chi connectivity index (χ3n) is 2.94. The van der Waals surface area contributed by atoms with Crippen molar-refractivity contribution in [3.05, 3.63) is 11.4 Å². The Bertz CT molecular complexity index is 395. The van der Waals surface area contributed by atoms with Gasteiger partial charge in [0, 0.05) is 24.6 Å². The second-order valence-corrected chi connectivity index (χ2v) is 4.91. The van der Waals surface area contributed by atoms with E-state index in [9.17, 15) is 0 Å². The maximum atomic E-state index is 8.73. The van der Waals surface area contributed by atoms with Gasteiger partial charge in [-0.1, -0.05) is 13.8 Å². The summed E-state index contributed by atoms with van der Waals surface area (Å²) in [6.45, 7) is 7.13. The Kier molecular flexibility index (Phi) is 6.52. The summed E-state index contributed by atoms with van der Waals surface area (Å²) < 4.78 is 0. The fraction of sp³-hybridized carbons (Fsp3) is 0.692. The third kappa shape index (κ3) is 4.65. The molecule has 0 aliphatic carbocycles. The molecule has 0 amide bonds. The molecule has 6 heteroatoms. The number of nitrogen functional groups attached to an aromatic ring is 1. The smallest absolute Gasteiger partial charge is 0.148 e. The summed E-state index contributed by atoms with van der Waals surface area (Å²) in [5, 5.41) is 12.0. The van der Waals surface area contributed by atoms with E-state index in [2.05, 4.69) is 34.6 Å². The van der Waals surface area contributed by atoms with Crippen LogP contribution in [0.3, 0.4) is 0 Å². The maximum absolute atomic E-state index is 8.73. The number of anilines is 2. The van der Waals surface area contributed by atoms with Crippen LogP contribution >= 0.6 is 0 Å². The van der Waals surface area contributed by atoms with E-state index in [1.54, 1.807) is 0 Å². The Labute approximate surface area is 114 Å². The van der Waals surface area contributed by atoms with E-state index < -0.39 is 0 Å². The zero-order valence-corrected chi connectivity index (χ0v) is 12.0. The van der Waals surface area contributed by atoms with E-state index in [0.717, 1.165) is 43.0 Å². The predicted octanol–water partition coefficient (Wildman–Crippen LogP) is 1.77. The van der Waals surface area contributed by atoms with Gasteiger partial charge in [-0.2, -0.15) is 0 Å². The summed E-state index contributed by atoms with van der Waals surface area (Å²) in [5.41, 5.74) is 3.54. The van der Waals surface area contributed by atoms with Crippen LogP contribution in [0.2, 0.25) is 0 Å². The van der Waals surface area contributed by atoms with Crippen LogP contribution in [-0.4, -0.2) is 28.2 Å². The van der Waals surface area contributed by atoms with Crippen LogP contribution in [0, 0.1) is 6.92 Å². The van der Waals surface area contributed by atoms with E-state index in [1.165, 1.54) is 0 Å². The number of nitrogens with two attached hydrogens (primary N) is 1. The Morgan fingerprint density at radius 2 is 1.84 bits per heavy atom. The van der Waals surface area contributed by atoms with Gasteiger partial charge in [0.25, 0.3) is 0 Å². The summed E-state index contributed by atoms with van der Waals surface area (Å²) in [6.07, 6.45) is 2.86. The molecule has 0 spiro atoms. The zero-order chi connectivity index (χ0) is 14.3. The summed E-state index contributed by atoms with van der Waals surface area (Å²) in [6, 6.07) is 0. The first-order chi connectivity index (χ1) is 9.10. The van der Waals surface area contributed by atoms with Crippen molar-refractivity contribution in [3.63, 3.8) is 0 Å². The van der Waals surface area contributed by atoms with Crippen molar-refractivity contribution in [3.8, 4) is 0 Å². The number of hydrogen-bond acceptors (Lipinski definition) is 6. The molecule has 0 aliphatic rings. The van der Waals surface area contributed by atoms with Gasteiger partial charge >= 0.3 is 0 Å². The standard InChI is InChI=1S/C13H25N5O/c1-9(2)11-16-12(10(3)13(17-11)18-14)15-7-5-4-6-8-19/h9,19H,4-8,14H2,1-3H3,(H2,15,16,17,18). The van der Waals surface area contributed by atoms with Crippen LogP contribution in [0.1, 0.15) is 50.4 Å². The number of unbranched alkanes of at least 4 members (excludes halogenated alkanes) is 2. The largest absolute Gasteiger partial charge is 0.396 e. The van der Waals surface area contributed by atoms with E-state index in [0.29, 0.717) is 5.82 Å². The van der Waals surface area contributed by atoms with E-state index in [1.807, 2.05) is 6.92 Å². The number of aliphatic hydroxyl groups excluding tert-OH is 1. The minimum Gasteiger partial charge on any atom is -0.396 e. The third-order valence-corrected chi connectivity index (χ3v) is 2.94. The van der Waals surface area contributed by atoms with Gasteiger partial charge in [-0.05, 0) is 26.2 Å². The lowest BCUT2D eigenvalue weighted by atomic mass is 10.2. The highest BCUT2D eigenvalue weighted by molar-refractivity contribution is 5.56. The normalized spacial score (nSPS) is 10.8. The first kappa shape index (κ1) is 15.7. The Morgan fingerprint density at radius 3 is 2.42 bits per heavy atom. The van der Waals surface area contributed by atoms with Crippen molar-refractivity contribution >= 4 is 11.6 Å². The topological polar surface area (TPSA) is 96.1 Å². The first-order valence-corrected chi connectivity index (χ1v) is 6.80. The van der Waals surface area contributed by atoms with Gasteiger partial charge in [-0.25, -0.2) is 15.8 Å². The van der Waals surface area contributed by atoms with Gasteiger partial charge < -0.3 is 15.8 Å². The lowest BCUT2D eigenvalue weighted by Crippen LogP contribution is -2.16. The molecule has 0 aromatic carbocycles. The molecular weight excluding hydrogens is 242 g/mol. The lowest BCUT2D eigenvalue weighted by Gasteiger charge is -2.14. The van der Waals surface area contributed by atoms with Crippen LogP contribution in [0.25, 0.3) is 0 Å². The monoisotopic (exact) mass is 267 g/mol. The molecule has 19 heavy (non-hydrogen) atoms. The number of aliphatic hydroxyl groups is 1. The zero-order valence-electron chi connectivity index (χ0n) is 12.0. The molecule has 0 bridgehead atoms. The molecule has 0 radical (unpaired) electrons. The fourth-order valence-electron chi connectivity index (χ4n) is 1.73. The highest BCUT2D eigenvalue weighted by atomic mass is 16.2. The Hall–Kier alpha value is -1.40. The van der Waals surface area contributed by atoms with Gasteiger partial charge in [0.2, 0.25) is 0 Å². The predicted molar refractivity (Wildman–Crippen MR) is 78.1 cm³/mol. The number of hydrazine groups is 1. The van der Waals surface area contributed by atoms with Gasteiger partial charge in [0.1, 0.15) is 17.5 Å². The minimum atomic E-state index is 0.252. The molecule has 0 saturated heterocycles. The van der Waals surface area contributed by atoms with E-state index >= 15 is 0 Å². The SMILES string of the molecule is Cc1c(NN)nc(C(C)C)nc1NCCCCCO. The van der Waals surface area contributed by atoms with Crippen molar-refractivity contribution in [2.45, 2.75) is 46.0 Å². The van der Waals surface area contributed by atoms with Crippen LogP contribution < -0.4 is 16.6 Å². The van der Waals surface area contributed by atoms with Crippen LogP contribution in [0.15, 0.2) is 0 Å². The molecule has 0 atom stereocenters. The Balaban J connectivity index is 2.72. The number of aromatic nitrogens is 2. The van der Waals surface area contributed by atoms with Crippen molar-refractivity contribution in [1.29, 1.82) is 0 Å². The van der Waals surface area contributed by atoms with Crippen LogP contribution in [0.5, 0.6) is 0 Å². The molecule has 1 heterocycles. The summed E-state index contributed by atoms with van der Waals surface area (Å²) in [5.74, 6) is 8.01. The van der Waals surface area contributed by atoms with Gasteiger partial charge in [0.05, 0.1) is 0 Å². The fourth-order valence-corrected chi connectivity index (χ4v) is 1.73.